The molecule has 4 N–H and O–H groups in total. The topological polar surface area (TPSA) is 112 Å². The number of aliphatic hydroxyl groups excluding tert-OH is 3. The zero-order valence-corrected chi connectivity index (χ0v) is 19.6. The number of ether oxygens (including phenoxy) is 3. The van der Waals surface area contributed by atoms with Crippen molar-refractivity contribution in [2.24, 2.45) is 34.5 Å². The van der Waals surface area contributed by atoms with Crippen LogP contribution < -0.4 is 0 Å². The molecule has 13 atom stereocenters. The van der Waals surface area contributed by atoms with Crippen LogP contribution in [0.25, 0.3) is 0 Å². The summed E-state index contributed by atoms with van der Waals surface area (Å²) in [4.78, 5) is 2.28. The maximum Gasteiger partial charge on any atom is 0.136 e. The molecule has 7 bridgehead atoms. The van der Waals surface area contributed by atoms with E-state index in [1.165, 1.54) is 0 Å². The molecule has 0 aromatic rings. The molecule has 1 aliphatic heterocycles. The summed E-state index contributed by atoms with van der Waals surface area (Å²) in [5.74, 6) is -0.617. The van der Waals surface area contributed by atoms with Crippen LogP contribution in [-0.2, 0) is 14.2 Å². The van der Waals surface area contributed by atoms with E-state index < -0.39 is 40.3 Å². The summed E-state index contributed by atoms with van der Waals surface area (Å²) >= 11 is 0. The van der Waals surface area contributed by atoms with Crippen LogP contribution in [0.4, 0.5) is 0 Å². The van der Waals surface area contributed by atoms with Gasteiger partial charge in [-0.05, 0) is 31.7 Å². The minimum Gasteiger partial charge on any atom is -0.396 e. The Hall–Kier alpha value is -0.320. The molecule has 1 spiro atoms. The van der Waals surface area contributed by atoms with Gasteiger partial charge in [-0.2, -0.15) is 0 Å². The van der Waals surface area contributed by atoms with Crippen molar-refractivity contribution >= 4 is 0 Å². The molecule has 5 aliphatic carbocycles. The zero-order valence-electron chi connectivity index (χ0n) is 19.6. The van der Waals surface area contributed by atoms with Crippen LogP contribution in [0.5, 0.6) is 0 Å². The Bertz CT molecular complexity index is 798. The van der Waals surface area contributed by atoms with Crippen molar-refractivity contribution in [3.63, 3.8) is 0 Å². The molecule has 6 fully saturated rings. The maximum absolute atomic E-state index is 13.0. The third-order valence-electron chi connectivity index (χ3n) is 11.5. The fourth-order valence-corrected chi connectivity index (χ4v) is 10.8. The van der Waals surface area contributed by atoms with Crippen LogP contribution >= 0.6 is 0 Å². The highest BCUT2D eigenvalue weighted by Gasteiger charge is 2.91. The van der Waals surface area contributed by atoms with Gasteiger partial charge >= 0.3 is 0 Å². The number of hydrogen-bond acceptors (Lipinski definition) is 8. The summed E-state index contributed by atoms with van der Waals surface area (Å²) in [5.41, 5.74) is -3.64. The first-order valence-corrected chi connectivity index (χ1v) is 12.3. The Morgan fingerprint density at radius 1 is 1.12 bits per heavy atom. The Kier molecular flexibility index (Phi) is 4.62. The first-order chi connectivity index (χ1) is 15.3. The monoisotopic (exact) mass is 453 g/mol. The van der Waals surface area contributed by atoms with Crippen molar-refractivity contribution in [3.8, 4) is 0 Å². The van der Waals surface area contributed by atoms with Gasteiger partial charge in [-0.15, -0.1) is 0 Å². The zero-order chi connectivity index (χ0) is 22.8. The summed E-state index contributed by atoms with van der Waals surface area (Å²) < 4.78 is 18.4. The third kappa shape index (κ3) is 1.92. The number of rotatable bonds is 5. The van der Waals surface area contributed by atoms with Gasteiger partial charge in [0.05, 0.1) is 37.1 Å². The lowest BCUT2D eigenvalue weighted by Gasteiger charge is -2.70. The molecule has 8 nitrogen and oxygen atoms in total. The minimum absolute atomic E-state index is 0.00462. The average Bonchev–Trinajstić information content (AvgIpc) is 3.15. The normalized spacial score (nSPS) is 62.4. The van der Waals surface area contributed by atoms with Gasteiger partial charge in [0.15, 0.2) is 0 Å². The van der Waals surface area contributed by atoms with E-state index in [1.807, 2.05) is 0 Å². The number of aliphatic hydroxyl groups is 4. The summed E-state index contributed by atoms with van der Waals surface area (Å²) in [6, 6.07) is -0.368. The van der Waals surface area contributed by atoms with Gasteiger partial charge in [0.25, 0.3) is 0 Å². The predicted octanol–water partition coefficient (Wildman–Crippen LogP) is -0.383. The first-order valence-electron chi connectivity index (χ1n) is 12.3. The van der Waals surface area contributed by atoms with Crippen LogP contribution in [0.3, 0.4) is 0 Å². The van der Waals surface area contributed by atoms with Crippen molar-refractivity contribution in [1.82, 2.24) is 4.90 Å². The van der Waals surface area contributed by atoms with Crippen molar-refractivity contribution in [2.75, 3.05) is 41.0 Å². The van der Waals surface area contributed by atoms with Gasteiger partial charge in [-0.25, -0.2) is 0 Å². The second-order valence-electron chi connectivity index (χ2n) is 11.6. The van der Waals surface area contributed by atoms with Crippen LogP contribution in [0.1, 0.15) is 32.6 Å². The van der Waals surface area contributed by atoms with Crippen molar-refractivity contribution < 1.29 is 34.6 Å². The minimum atomic E-state index is -1.45. The van der Waals surface area contributed by atoms with E-state index in [2.05, 4.69) is 11.8 Å². The molecular weight excluding hydrogens is 414 g/mol. The molecule has 1 saturated heterocycles. The molecule has 0 aromatic heterocycles. The molecule has 1 heterocycles. The van der Waals surface area contributed by atoms with Crippen LogP contribution in [0.2, 0.25) is 0 Å². The molecule has 8 heteroatoms. The van der Waals surface area contributed by atoms with E-state index in [1.54, 1.807) is 21.3 Å². The SMILES string of the molecule is CCN1C[C@]2(CO)CC[C@H](O)C34C5CC6C(O)C5[C@](OC)(C[C@@H]6OC)C(O)(C(OC)C32)C14. The second-order valence-corrected chi connectivity index (χ2v) is 11.6. The number of methoxy groups -OCH3 is 3. The Morgan fingerprint density at radius 3 is 2.47 bits per heavy atom. The van der Waals surface area contributed by atoms with E-state index >= 15 is 0 Å². The van der Waals surface area contributed by atoms with Gasteiger partial charge in [0, 0.05) is 62.9 Å². The fraction of sp³-hybridized carbons (Fsp3) is 1.00. The molecule has 0 amide bonds. The number of fused-ring (bicyclic) bond motifs is 2. The summed E-state index contributed by atoms with van der Waals surface area (Å²) in [7, 11) is 4.94. The van der Waals surface area contributed by atoms with Crippen molar-refractivity contribution in [3.05, 3.63) is 0 Å². The molecule has 0 radical (unpaired) electrons. The lowest BCUT2D eigenvalue weighted by atomic mass is 9.42. The average molecular weight is 454 g/mol. The molecule has 0 aromatic carbocycles. The van der Waals surface area contributed by atoms with Gasteiger partial charge in [-0.1, -0.05) is 6.92 Å². The second kappa shape index (κ2) is 6.66. The predicted molar refractivity (Wildman–Crippen MR) is 114 cm³/mol. The molecule has 9 unspecified atom stereocenters. The Labute approximate surface area is 189 Å². The summed E-state index contributed by atoms with van der Waals surface area (Å²) in [6.45, 7) is 3.45. The van der Waals surface area contributed by atoms with Gasteiger partial charge in [0.2, 0.25) is 0 Å². The molecule has 182 valence electrons. The highest BCUT2D eigenvalue weighted by atomic mass is 16.5. The summed E-state index contributed by atoms with van der Waals surface area (Å²) in [6.07, 6.45) is 0.343. The number of likely N-dealkylation sites (N-methyl/N-ethyl adjacent to an activating group) is 1. The number of likely N-dealkylation sites (tertiary alicyclic amines) is 1. The quantitative estimate of drug-likeness (QED) is 0.446. The van der Waals surface area contributed by atoms with Crippen molar-refractivity contribution in [2.45, 2.75) is 74.3 Å². The van der Waals surface area contributed by atoms with Crippen LogP contribution in [0, 0.1) is 34.5 Å². The fourth-order valence-electron chi connectivity index (χ4n) is 10.8. The van der Waals surface area contributed by atoms with Gasteiger partial charge in [0.1, 0.15) is 11.2 Å². The molecule has 5 saturated carbocycles. The summed E-state index contributed by atoms with van der Waals surface area (Å²) in [5, 5.41) is 47.2. The van der Waals surface area contributed by atoms with Gasteiger partial charge < -0.3 is 34.6 Å². The first kappa shape index (κ1) is 22.2. The number of hydrogen-bond donors (Lipinski definition) is 4. The standard InChI is InChI=1S/C24H39NO7/c1-5-25-10-21(11-26)7-6-15(27)23-13-8-12-14(30-2)9-22(32-4,16(13)17(12)28)24(29,20(23)25)19(31-3)18(21)23/h12-20,26-29H,5-11H2,1-4H3/t12?,13?,14-,15-,16?,17?,18?,19?,20?,21-,22+,23?,24?/m0/s1. The third-order valence-corrected chi connectivity index (χ3v) is 11.5. The molecule has 32 heavy (non-hydrogen) atoms. The number of piperidine rings is 1. The van der Waals surface area contributed by atoms with E-state index in [0.717, 1.165) is 6.42 Å². The van der Waals surface area contributed by atoms with Crippen LogP contribution in [0.15, 0.2) is 0 Å². The maximum atomic E-state index is 13.0. The van der Waals surface area contributed by atoms with E-state index in [4.69, 9.17) is 14.2 Å². The van der Waals surface area contributed by atoms with E-state index in [-0.39, 0.29) is 42.4 Å². The molecular formula is C24H39NO7. The van der Waals surface area contributed by atoms with Gasteiger partial charge in [-0.3, -0.25) is 4.90 Å². The van der Waals surface area contributed by atoms with E-state index in [0.29, 0.717) is 32.4 Å². The molecule has 6 aliphatic rings. The largest absolute Gasteiger partial charge is 0.396 e. The lowest BCUT2D eigenvalue weighted by molar-refractivity contribution is -0.323. The smallest absolute Gasteiger partial charge is 0.136 e. The van der Waals surface area contributed by atoms with Crippen molar-refractivity contribution in [1.29, 1.82) is 0 Å². The van der Waals surface area contributed by atoms with E-state index in [9.17, 15) is 20.4 Å². The highest BCUT2D eigenvalue weighted by molar-refractivity contribution is 5.41. The molecule has 6 rings (SSSR count). The highest BCUT2D eigenvalue weighted by Crippen LogP contribution is 2.80. The number of nitrogens with zero attached hydrogens (tertiary/aromatic N) is 1. The Balaban J connectivity index is 1.70. The van der Waals surface area contributed by atoms with Crippen LogP contribution in [-0.4, -0.2) is 108 Å². The Morgan fingerprint density at radius 2 is 1.88 bits per heavy atom. The lowest BCUT2D eigenvalue weighted by Crippen LogP contribution is -2.82.